The predicted octanol–water partition coefficient (Wildman–Crippen LogP) is 5.78. The Morgan fingerprint density at radius 3 is 2.40 bits per heavy atom. The van der Waals surface area contributed by atoms with Crippen LogP contribution in [0.2, 0.25) is 5.02 Å². The molecule has 4 aliphatic carbocycles. The Hall–Kier alpha value is -2.81. The number of aromatic nitrogens is 3. The van der Waals surface area contributed by atoms with Crippen molar-refractivity contribution in [2.24, 2.45) is 17.8 Å². The highest BCUT2D eigenvalue weighted by molar-refractivity contribution is 6.36. The minimum absolute atomic E-state index is 0.0542. The maximum atomic E-state index is 14.0. The van der Waals surface area contributed by atoms with E-state index in [1.807, 2.05) is 0 Å². The summed E-state index contributed by atoms with van der Waals surface area (Å²) in [6.07, 6.45) is 1.59. The largest absolute Gasteiger partial charge is 0.497 e. The Balaban J connectivity index is 1.41. The van der Waals surface area contributed by atoms with Gasteiger partial charge in [0.1, 0.15) is 10.8 Å². The Labute approximate surface area is 204 Å². The van der Waals surface area contributed by atoms with Crippen LogP contribution >= 0.6 is 11.6 Å². The van der Waals surface area contributed by atoms with Crippen molar-refractivity contribution in [3.8, 4) is 17.0 Å². The lowest BCUT2D eigenvalue weighted by molar-refractivity contribution is -0.142. The van der Waals surface area contributed by atoms with Gasteiger partial charge in [0, 0.05) is 11.1 Å². The molecule has 6 nitrogen and oxygen atoms in total. The summed E-state index contributed by atoms with van der Waals surface area (Å²) in [5, 5.41) is 6.96. The van der Waals surface area contributed by atoms with Gasteiger partial charge in [0.05, 0.1) is 12.8 Å². The maximum absolute atomic E-state index is 14.0. The van der Waals surface area contributed by atoms with Crippen LogP contribution in [0.4, 0.5) is 13.2 Å². The molecule has 2 heterocycles. The van der Waals surface area contributed by atoms with E-state index in [0.717, 1.165) is 25.3 Å². The van der Waals surface area contributed by atoms with Gasteiger partial charge in [0.25, 0.3) is 5.91 Å². The van der Waals surface area contributed by atoms with E-state index < -0.39 is 17.8 Å². The lowest BCUT2D eigenvalue weighted by Gasteiger charge is -2.56. The van der Waals surface area contributed by atoms with Gasteiger partial charge in [0.15, 0.2) is 17.0 Å². The highest BCUT2D eigenvalue weighted by atomic mass is 35.5. The fourth-order valence-corrected chi connectivity index (χ4v) is 7.08. The molecule has 0 saturated heterocycles. The second-order valence-corrected chi connectivity index (χ2v) is 10.7. The van der Waals surface area contributed by atoms with Crippen molar-refractivity contribution in [2.45, 2.75) is 50.2 Å². The third kappa shape index (κ3) is 3.84. The topological polar surface area (TPSA) is 68.5 Å². The summed E-state index contributed by atoms with van der Waals surface area (Å²) < 4.78 is 47.9. The van der Waals surface area contributed by atoms with Crippen molar-refractivity contribution in [3.05, 3.63) is 46.7 Å². The number of hydrogen-bond donors (Lipinski definition) is 1. The molecule has 0 radical (unpaired) electrons. The first kappa shape index (κ1) is 22.6. The molecule has 4 fully saturated rings. The smallest absolute Gasteiger partial charge is 0.433 e. The third-order valence-corrected chi connectivity index (χ3v) is 8.17. The summed E-state index contributed by atoms with van der Waals surface area (Å²) in [5.74, 6) is 1.73. The lowest BCUT2D eigenvalue weighted by Crippen LogP contribution is -2.59. The van der Waals surface area contributed by atoms with Crippen LogP contribution < -0.4 is 10.1 Å². The summed E-state index contributed by atoms with van der Waals surface area (Å²) in [5.41, 5.74) is -1.35. The molecule has 0 atom stereocenters. The molecule has 3 aromatic rings. The number of nitrogens with one attached hydrogen (secondary N) is 1. The first-order valence-electron chi connectivity index (χ1n) is 11.8. The number of hydrogen-bond acceptors (Lipinski definition) is 4. The molecule has 1 amide bonds. The number of methoxy groups -OCH3 is 1. The molecule has 0 spiro atoms. The quantitative estimate of drug-likeness (QED) is 0.489. The van der Waals surface area contributed by atoms with Crippen LogP contribution in [0.5, 0.6) is 5.75 Å². The average Bonchev–Trinajstić information content (AvgIpc) is 3.13. The highest BCUT2D eigenvalue weighted by Crippen LogP contribution is 2.55. The number of benzene rings is 1. The zero-order valence-corrected chi connectivity index (χ0v) is 19.8. The molecule has 10 heteroatoms. The van der Waals surface area contributed by atoms with Crippen LogP contribution in [0.25, 0.3) is 16.9 Å². The van der Waals surface area contributed by atoms with Crippen molar-refractivity contribution < 1.29 is 22.7 Å². The van der Waals surface area contributed by atoms with E-state index in [1.165, 1.54) is 26.4 Å². The molecule has 2 aromatic heterocycles. The first-order chi connectivity index (χ1) is 16.6. The Kier molecular flexibility index (Phi) is 5.08. The number of fused-ring (bicyclic) bond motifs is 1. The number of carbonyl (C=O) groups excluding carboxylic acids is 1. The van der Waals surface area contributed by atoms with E-state index in [9.17, 15) is 18.0 Å². The van der Waals surface area contributed by atoms with E-state index in [0.29, 0.717) is 33.6 Å². The number of alkyl halides is 3. The fraction of sp³-hybridized carbons (Fsp3) is 0.480. The van der Waals surface area contributed by atoms with Crippen molar-refractivity contribution in [1.29, 1.82) is 0 Å². The first-order valence-corrected chi connectivity index (χ1v) is 12.2. The maximum Gasteiger partial charge on any atom is 0.433 e. The van der Waals surface area contributed by atoms with Crippen molar-refractivity contribution in [2.75, 3.05) is 7.11 Å². The van der Waals surface area contributed by atoms with Crippen LogP contribution in [-0.2, 0) is 6.18 Å². The van der Waals surface area contributed by atoms with E-state index in [4.69, 9.17) is 16.3 Å². The van der Waals surface area contributed by atoms with Gasteiger partial charge in [-0.15, -0.1) is 0 Å². The number of rotatable bonds is 4. The monoisotopic (exact) mass is 504 g/mol. The minimum atomic E-state index is -4.74. The van der Waals surface area contributed by atoms with Gasteiger partial charge in [-0.3, -0.25) is 4.79 Å². The minimum Gasteiger partial charge on any atom is -0.497 e. The number of nitrogens with zero attached hydrogens (tertiary/aromatic N) is 3. The molecule has 1 N–H and O–H groups in total. The predicted molar refractivity (Wildman–Crippen MR) is 123 cm³/mol. The summed E-state index contributed by atoms with van der Waals surface area (Å²) >= 11 is 6.48. The van der Waals surface area contributed by atoms with E-state index in [2.05, 4.69) is 15.4 Å². The second-order valence-electron chi connectivity index (χ2n) is 10.3. The van der Waals surface area contributed by atoms with Crippen LogP contribution in [0.3, 0.4) is 0 Å². The summed E-state index contributed by atoms with van der Waals surface area (Å²) in [4.78, 5) is 17.7. The van der Waals surface area contributed by atoms with Gasteiger partial charge in [-0.2, -0.15) is 18.3 Å². The Morgan fingerprint density at radius 1 is 1.14 bits per heavy atom. The Bertz CT molecular complexity index is 1300. The summed E-state index contributed by atoms with van der Waals surface area (Å²) in [6, 6.07) is 7.48. The molecular formula is C25H24ClF3N4O2. The standard InChI is InChI=1S/C25H24ClF3N4O2/c1-35-17-4-2-3-16(8-17)18-9-19(25(27,28)29)33-22(30-18)20(26)21(32-33)23(34)31-24-10-13-5-14(11-24)7-15(6-13)12-24/h2-4,8-9,13-15H,5-7,10-12H2,1H3,(H,31,34). The molecule has 0 aliphatic heterocycles. The van der Waals surface area contributed by atoms with Gasteiger partial charge < -0.3 is 10.1 Å². The number of ether oxygens (including phenoxy) is 1. The van der Waals surface area contributed by atoms with Gasteiger partial charge in [0.2, 0.25) is 0 Å². The van der Waals surface area contributed by atoms with Crippen LogP contribution in [0, 0.1) is 17.8 Å². The summed E-state index contributed by atoms with van der Waals surface area (Å²) in [6.45, 7) is 0. The molecule has 4 bridgehead atoms. The molecule has 0 unspecified atom stereocenters. The van der Waals surface area contributed by atoms with Crippen LogP contribution in [-0.4, -0.2) is 33.2 Å². The van der Waals surface area contributed by atoms with Crippen molar-refractivity contribution in [3.63, 3.8) is 0 Å². The number of amides is 1. The van der Waals surface area contributed by atoms with Crippen molar-refractivity contribution in [1.82, 2.24) is 19.9 Å². The molecule has 184 valence electrons. The van der Waals surface area contributed by atoms with Crippen LogP contribution in [0.15, 0.2) is 30.3 Å². The van der Waals surface area contributed by atoms with Crippen LogP contribution in [0.1, 0.15) is 54.7 Å². The highest BCUT2D eigenvalue weighted by Gasteiger charge is 2.52. The SMILES string of the molecule is COc1cccc(-c2cc(C(F)(F)F)n3nc(C(=O)NC45CC6CC(CC(C6)C4)C5)c(Cl)c3n2)c1. The van der Waals surface area contributed by atoms with Gasteiger partial charge in [-0.05, 0) is 74.5 Å². The van der Waals surface area contributed by atoms with Gasteiger partial charge in [-0.25, -0.2) is 9.50 Å². The third-order valence-electron chi connectivity index (χ3n) is 7.82. The average molecular weight is 505 g/mol. The second kappa shape index (κ2) is 7.85. The molecule has 4 aliphatic rings. The zero-order valence-electron chi connectivity index (χ0n) is 19.0. The lowest BCUT2D eigenvalue weighted by atomic mass is 9.53. The fourth-order valence-electron chi connectivity index (χ4n) is 6.83. The van der Waals surface area contributed by atoms with Gasteiger partial charge >= 0.3 is 6.18 Å². The summed E-state index contributed by atoms with van der Waals surface area (Å²) in [7, 11) is 1.47. The van der Waals surface area contributed by atoms with E-state index in [-0.39, 0.29) is 27.6 Å². The van der Waals surface area contributed by atoms with E-state index >= 15 is 0 Å². The van der Waals surface area contributed by atoms with Gasteiger partial charge in [-0.1, -0.05) is 23.7 Å². The normalized spacial score (nSPS) is 27.4. The molecule has 35 heavy (non-hydrogen) atoms. The zero-order chi connectivity index (χ0) is 24.5. The molecular weight excluding hydrogens is 481 g/mol. The van der Waals surface area contributed by atoms with Crippen molar-refractivity contribution >= 4 is 23.2 Å². The molecule has 1 aromatic carbocycles. The molecule has 4 saturated carbocycles. The van der Waals surface area contributed by atoms with E-state index in [1.54, 1.807) is 24.3 Å². The Morgan fingerprint density at radius 2 is 1.80 bits per heavy atom. The number of carbonyl (C=O) groups is 1. The number of halogens is 4. The molecule has 7 rings (SSSR count).